The molecule has 0 bridgehead atoms. The Bertz CT molecular complexity index is 689. The monoisotopic (exact) mass is 370 g/mol. The summed E-state index contributed by atoms with van der Waals surface area (Å²) in [6, 6.07) is 0.248. The van der Waals surface area contributed by atoms with Crippen LogP contribution in [-0.4, -0.2) is 40.3 Å². The van der Waals surface area contributed by atoms with Crippen molar-refractivity contribution >= 4 is 6.09 Å². The van der Waals surface area contributed by atoms with E-state index in [2.05, 4.69) is 4.98 Å². The third-order valence-corrected chi connectivity index (χ3v) is 4.42. The summed E-state index contributed by atoms with van der Waals surface area (Å²) in [6.45, 7) is 0.632. The third kappa shape index (κ3) is 3.31. The second-order valence-corrected chi connectivity index (χ2v) is 6.35. The molecule has 1 aromatic rings. The van der Waals surface area contributed by atoms with Crippen molar-refractivity contribution in [3.05, 3.63) is 23.4 Å². The molecular weight excluding hydrogens is 358 g/mol. The van der Waals surface area contributed by atoms with Crippen LogP contribution < -0.4 is 4.74 Å². The van der Waals surface area contributed by atoms with E-state index in [1.807, 2.05) is 0 Å². The maximum absolute atomic E-state index is 12.9. The van der Waals surface area contributed by atoms with E-state index < -0.39 is 41.6 Å². The molecule has 0 atom stereocenters. The number of rotatable bonds is 2. The molecule has 1 saturated heterocycles. The average molecular weight is 370 g/mol. The number of nitrogens with zero attached hydrogens (tertiary/aromatic N) is 2. The molecule has 0 radical (unpaired) electrons. The normalized spacial score (nSPS) is 20.2. The van der Waals surface area contributed by atoms with Crippen molar-refractivity contribution in [1.82, 2.24) is 9.88 Å². The number of halogens is 6. The molecule has 1 spiro atoms. The summed E-state index contributed by atoms with van der Waals surface area (Å²) in [7, 11) is 0. The number of carboxylic acid groups (broad SMARTS) is 1. The Labute approximate surface area is 137 Å². The van der Waals surface area contributed by atoms with Gasteiger partial charge in [-0.15, -0.1) is 0 Å². The summed E-state index contributed by atoms with van der Waals surface area (Å²) in [5.41, 5.74) is -3.96. The summed E-state index contributed by atoms with van der Waals surface area (Å²) in [5.74, 6) is -0.533. The number of aromatic nitrogens is 1. The molecule has 2 fully saturated rings. The van der Waals surface area contributed by atoms with Gasteiger partial charge in [0.05, 0.1) is 11.1 Å². The van der Waals surface area contributed by atoms with E-state index in [4.69, 9.17) is 9.84 Å². The number of pyridine rings is 1. The largest absolute Gasteiger partial charge is 0.474 e. The highest BCUT2D eigenvalue weighted by atomic mass is 19.4. The highest BCUT2D eigenvalue weighted by molar-refractivity contribution is 5.66. The summed E-state index contributed by atoms with van der Waals surface area (Å²) in [6.07, 6.45) is -11.0. The molecule has 25 heavy (non-hydrogen) atoms. The lowest BCUT2D eigenvalue weighted by molar-refractivity contribution is -0.162. The van der Waals surface area contributed by atoms with Gasteiger partial charge < -0.3 is 14.7 Å². The lowest BCUT2D eigenvalue weighted by atomic mass is 9.62. The minimum atomic E-state index is -5.19. The van der Waals surface area contributed by atoms with Crippen LogP contribution in [0.4, 0.5) is 31.1 Å². The molecular formula is C14H12F6N2O3. The van der Waals surface area contributed by atoms with Gasteiger partial charge in [-0.2, -0.15) is 26.3 Å². The van der Waals surface area contributed by atoms with Crippen LogP contribution in [-0.2, 0) is 12.4 Å². The summed E-state index contributed by atoms with van der Waals surface area (Å²) in [5, 5.41) is 8.77. The topological polar surface area (TPSA) is 62.7 Å². The highest BCUT2D eigenvalue weighted by Gasteiger charge is 2.55. The maximum Gasteiger partial charge on any atom is 0.418 e. The second-order valence-electron chi connectivity index (χ2n) is 6.35. The molecule has 1 saturated carbocycles. The summed E-state index contributed by atoms with van der Waals surface area (Å²) < 4.78 is 81.8. The molecule has 138 valence electrons. The zero-order valence-electron chi connectivity index (χ0n) is 12.5. The Morgan fingerprint density at radius 1 is 1.16 bits per heavy atom. The van der Waals surface area contributed by atoms with Gasteiger partial charge in [-0.1, -0.05) is 0 Å². The van der Waals surface area contributed by atoms with E-state index >= 15 is 0 Å². The number of amides is 1. The molecule has 3 rings (SSSR count). The van der Waals surface area contributed by atoms with E-state index in [1.54, 1.807) is 0 Å². The van der Waals surface area contributed by atoms with Crippen molar-refractivity contribution < 1.29 is 41.0 Å². The molecule has 1 aromatic heterocycles. The lowest BCUT2D eigenvalue weighted by Crippen LogP contribution is -2.65. The van der Waals surface area contributed by atoms with Gasteiger partial charge >= 0.3 is 18.4 Å². The zero-order chi connectivity index (χ0) is 18.6. The van der Waals surface area contributed by atoms with Crippen molar-refractivity contribution in [1.29, 1.82) is 0 Å². The van der Waals surface area contributed by atoms with E-state index in [9.17, 15) is 31.1 Å². The molecule has 0 unspecified atom stereocenters. The number of alkyl halides is 6. The van der Waals surface area contributed by atoms with E-state index in [1.165, 1.54) is 4.90 Å². The molecule has 1 N–H and O–H groups in total. The van der Waals surface area contributed by atoms with Crippen LogP contribution in [0.15, 0.2) is 12.3 Å². The Morgan fingerprint density at radius 2 is 1.72 bits per heavy atom. The first kappa shape index (κ1) is 17.6. The molecule has 2 heterocycles. The number of hydrogen-bond acceptors (Lipinski definition) is 3. The first-order valence-electron chi connectivity index (χ1n) is 7.19. The molecule has 0 aromatic carbocycles. The molecule has 2 aliphatic rings. The quantitative estimate of drug-likeness (QED) is 0.808. The van der Waals surface area contributed by atoms with Crippen LogP contribution in [0.5, 0.6) is 5.88 Å². The molecule has 11 heteroatoms. The highest BCUT2D eigenvalue weighted by Crippen LogP contribution is 2.50. The number of carbonyl (C=O) groups is 1. The standard InChI is InChI=1S/C14H12F6N2O3/c15-13(16,17)8-1-10(21-4-9(8)14(18,19)20)25-7-2-12(3-7)5-22(6-12)11(23)24/h1,4,7H,2-3,5-6H2,(H,23,24). The second kappa shape index (κ2) is 5.40. The van der Waals surface area contributed by atoms with Gasteiger partial charge in [-0.05, 0) is 12.8 Å². The summed E-state index contributed by atoms with van der Waals surface area (Å²) >= 11 is 0. The third-order valence-electron chi connectivity index (χ3n) is 4.42. The van der Waals surface area contributed by atoms with Crippen molar-refractivity contribution in [3.8, 4) is 5.88 Å². The fourth-order valence-corrected chi connectivity index (χ4v) is 3.28. The van der Waals surface area contributed by atoms with Gasteiger partial charge in [0.1, 0.15) is 6.10 Å². The fourth-order valence-electron chi connectivity index (χ4n) is 3.28. The molecule has 1 amide bonds. The number of likely N-dealkylation sites (tertiary alicyclic amines) is 1. The van der Waals surface area contributed by atoms with Crippen LogP contribution in [0.3, 0.4) is 0 Å². The lowest BCUT2D eigenvalue weighted by Gasteiger charge is -2.57. The van der Waals surface area contributed by atoms with Gasteiger partial charge in [0, 0.05) is 30.8 Å². The minimum Gasteiger partial charge on any atom is -0.474 e. The van der Waals surface area contributed by atoms with Gasteiger partial charge in [0.25, 0.3) is 0 Å². The van der Waals surface area contributed by atoms with Crippen molar-refractivity contribution in [3.63, 3.8) is 0 Å². The SMILES string of the molecule is O=C(O)N1CC2(CC(Oc3cc(C(F)(F)F)c(C(F)(F)F)cn3)C2)C1. The zero-order valence-corrected chi connectivity index (χ0v) is 12.5. The summed E-state index contributed by atoms with van der Waals surface area (Å²) in [4.78, 5) is 15.2. The average Bonchev–Trinajstić information content (AvgIpc) is 2.37. The Kier molecular flexibility index (Phi) is 3.80. The van der Waals surface area contributed by atoms with E-state index in [-0.39, 0.29) is 17.7 Å². The van der Waals surface area contributed by atoms with Gasteiger partial charge in [0.2, 0.25) is 5.88 Å². The van der Waals surface area contributed by atoms with Crippen LogP contribution >= 0.6 is 0 Å². The smallest absolute Gasteiger partial charge is 0.418 e. The van der Waals surface area contributed by atoms with E-state index in [0.717, 1.165) is 0 Å². The van der Waals surface area contributed by atoms with Crippen LogP contribution in [0.25, 0.3) is 0 Å². The number of ether oxygens (including phenoxy) is 1. The predicted molar refractivity (Wildman–Crippen MR) is 69.9 cm³/mol. The first-order chi connectivity index (χ1) is 11.4. The molecule has 1 aliphatic carbocycles. The molecule has 1 aliphatic heterocycles. The first-order valence-corrected chi connectivity index (χ1v) is 7.19. The Balaban J connectivity index is 1.68. The van der Waals surface area contributed by atoms with E-state index in [0.29, 0.717) is 25.9 Å². The molecule has 5 nitrogen and oxygen atoms in total. The van der Waals surface area contributed by atoms with Crippen LogP contribution in [0, 0.1) is 5.41 Å². The predicted octanol–water partition coefficient (Wildman–Crippen LogP) is 3.64. The van der Waals surface area contributed by atoms with Crippen molar-refractivity contribution in [2.75, 3.05) is 13.1 Å². The van der Waals surface area contributed by atoms with Crippen LogP contribution in [0.2, 0.25) is 0 Å². The fraction of sp³-hybridized carbons (Fsp3) is 0.571. The van der Waals surface area contributed by atoms with Gasteiger partial charge in [-0.25, -0.2) is 9.78 Å². The number of hydrogen-bond donors (Lipinski definition) is 1. The Morgan fingerprint density at radius 3 is 2.20 bits per heavy atom. The Hall–Kier alpha value is -2.20. The minimum absolute atomic E-state index is 0.113. The van der Waals surface area contributed by atoms with Crippen molar-refractivity contribution in [2.45, 2.75) is 31.3 Å². The van der Waals surface area contributed by atoms with Gasteiger partial charge in [0.15, 0.2) is 0 Å². The van der Waals surface area contributed by atoms with Gasteiger partial charge in [-0.3, -0.25) is 0 Å². The van der Waals surface area contributed by atoms with Crippen LogP contribution in [0.1, 0.15) is 24.0 Å². The maximum atomic E-state index is 12.9. The van der Waals surface area contributed by atoms with Crippen molar-refractivity contribution in [2.24, 2.45) is 5.41 Å².